The highest BCUT2D eigenvalue weighted by Gasteiger charge is 2.07. The number of para-hydroxylation sites is 1. The molecule has 4 heteroatoms. The lowest BCUT2D eigenvalue weighted by molar-refractivity contribution is 0.410. The SMILES string of the molecule is CCC(N)Cc1ccnc(Cc2ccccc2OC)n1. The summed E-state index contributed by atoms with van der Waals surface area (Å²) >= 11 is 0. The first-order valence-electron chi connectivity index (χ1n) is 6.91. The zero-order chi connectivity index (χ0) is 14.4. The Bertz CT molecular complexity index is 557. The van der Waals surface area contributed by atoms with E-state index in [-0.39, 0.29) is 6.04 Å². The van der Waals surface area contributed by atoms with E-state index in [0.717, 1.165) is 35.7 Å². The molecule has 0 amide bonds. The van der Waals surface area contributed by atoms with Crippen molar-refractivity contribution in [2.24, 2.45) is 5.73 Å². The van der Waals surface area contributed by atoms with Gasteiger partial charge in [0.1, 0.15) is 11.6 Å². The number of rotatable bonds is 6. The van der Waals surface area contributed by atoms with E-state index in [9.17, 15) is 0 Å². The lowest BCUT2D eigenvalue weighted by Gasteiger charge is -2.10. The van der Waals surface area contributed by atoms with Crippen LogP contribution in [0.15, 0.2) is 36.5 Å². The van der Waals surface area contributed by atoms with E-state index in [0.29, 0.717) is 6.42 Å². The average Bonchev–Trinajstić information content (AvgIpc) is 2.48. The highest BCUT2D eigenvalue weighted by molar-refractivity contribution is 5.35. The van der Waals surface area contributed by atoms with Gasteiger partial charge in [-0.2, -0.15) is 0 Å². The molecule has 1 aromatic heterocycles. The van der Waals surface area contributed by atoms with Gasteiger partial charge >= 0.3 is 0 Å². The Morgan fingerprint density at radius 3 is 2.80 bits per heavy atom. The molecule has 0 saturated carbocycles. The molecule has 0 bridgehead atoms. The highest BCUT2D eigenvalue weighted by Crippen LogP contribution is 2.19. The molecule has 0 radical (unpaired) electrons. The Kier molecular flexibility index (Phi) is 5.07. The molecule has 1 unspecified atom stereocenters. The van der Waals surface area contributed by atoms with Crippen LogP contribution in [0, 0.1) is 0 Å². The molecule has 0 aliphatic carbocycles. The zero-order valence-electron chi connectivity index (χ0n) is 12.0. The molecule has 0 aliphatic rings. The van der Waals surface area contributed by atoms with Crippen LogP contribution < -0.4 is 10.5 Å². The molecule has 2 N–H and O–H groups in total. The van der Waals surface area contributed by atoms with Crippen LogP contribution >= 0.6 is 0 Å². The van der Waals surface area contributed by atoms with Gasteiger partial charge in [0.25, 0.3) is 0 Å². The highest BCUT2D eigenvalue weighted by atomic mass is 16.5. The van der Waals surface area contributed by atoms with E-state index < -0.39 is 0 Å². The first-order valence-corrected chi connectivity index (χ1v) is 6.91. The number of benzene rings is 1. The van der Waals surface area contributed by atoms with Crippen LogP contribution in [0.25, 0.3) is 0 Å². The van der Waals surface area contributed by atoms with Gasteiger partial charge in [-0.15, -0.1) is 0 Å². The molecule has 1 atom stereocenters. The van der Waals surface area contributed by atoms with E-state index in [1.54, 1.807) is 13.3 Å². The van der Waals surface area contributed by atoms with E-state index in [4.69, 9.17) is 10.5 Å². The fraction of sp³-hybridized carbons (Fsp3) is 0.375. The van der Waals surface area contributed by atoms with Crippen molar-refractivity contribution in [3.8, 4) is 5.75 Å². The Balaban J connectivity index is 2.15. The number of nitrogens with zero attached hydrogens (tertiary/aromatic N) is 2. The van der Waals surface area contributed by atoms with Crippen LogP contribution in [0.1, 0.15) is 30.4 Å². The predicted molar refractivity (Wildman–Crippen MR) is 79.8 cm³/mol. The van der Waals surface area contributed by atoms with E-state index in [2.05, 4.69) is 16.9 Å². The van der Waals surface area contributed by atoms with Gasteiger partial charge < -0.3 is 10.5 Å². The molecule has 20 heavy (non-hydrogen) atoms. The van der Waals surface area contributed by atoms with Crippen molar-refractivity contribution in [1.82, 2.24) is 9.97 Å². The molecular formula is C16H21N3O. The van der Waals surface area contributed by atoms with Crippen LogP contribution in [-0.2, 0) is 12.8 Å². The monoisotopic (exact) mass is 271 g/mol. The summed E-state index contributed by atoms with van der Waals surface area (Å²) in [5.74, 6) is 1.67. The summed E-state index contributed by atoms with van der Waals surface area (Å²) in [6, 6.07) is 10.0. The third-order valence-corrected chi connectivity index (χ3v) is 3.30. The van der Waals surface area contributed by atoms with Gasteiger partial charge in [0.2, 0.25) is 0 Å². The lowest BCUT2D eigenvalue weighted by Crippen LogP contribution is -2.22. The second-order valence-electron chi connectivity index (χ2n) is 4.83. The summed E-state index contributed by atoms with van der Waals surface area (Å²) in [6.45, 7) is 2.08. The standard InChI is InChI=1S/C16H21N3O/c1-3-13(17)11-14-8-9-18-16(19-14)10-12-6-4-5-7-15(12)20-2/h4-9,13H,3,10-11,17H2,1-2H3. The largest absolute Gasteiger partial charge is 0.496 e. The van der Waals surface area contributed by atoms with Crippen molar-refractivity contribution in [3.63, 3.8) is 0 Å². The Morgan fingerprint density at radius 2 is 2.05 bits per heavy atom. The molecule has 4 nitrogen and oxygen atoms in total. The smallest absolute Gasteiger partial charge is 0.133 e. The molecular weight excluding hydrogens is 250 g/mol. The Hall–Kier alpha value is -1.94. The van der Waals surface area contributed by atoms with Crippen molar-refractivity contribution >= 4 is 0 Å². The first kappa shape index (κ1) is 14.5. The maximum atomic E-state index is 5.97. The van der Waals surface area contributed by atoms with Gasteiger partial charge in [-0.25, -0.2) is 9.97 Å². The number of hydrogen-bond donors (Lipinski definition) is 1. The maximum Gasteiger partial charge on any atom is 0.133 e. The van der Waals surface area contributed by atoms with Gasteiger partial charge in [-0.1, -0.05) is 25.1 Å². The molecule has 1 heterocycles. The predicted octanol–water partition coefficient (Wildman–Crippen LogP) is 2.36. The third-order valence-electron chi connectivity index (χ3n) is 3.30. The summed E-state index contributed by atoms with van der Waals surface area (Å²) in [5.41, 5.74) is 8.06. The van der Waals surface area contributed by atoms with Crippen molar-refractivity contribution in [2.45, 2.75) is 32.2 Å². The molecule has 2 aromatic rings. The van der Waals surface area contributed by atoms with Crippen LogP contribution in [0.4, 0.5) is 0 Å². The van der Waals surface area contributed by atoms with Gasteiger partial charge in [-0.05, 0) is 18.6 Å². The minimum atomic E-state index is 0.156. The zero-order valence-corrected chi connectivity index (χ0v) is 12.0. The number of aromatic nitrogens is 2. The van der Waals surface area contributed by atoms with Crippen LogP contribution in [0.5, 0.6) is 5.75 Å². The average molecular weight is 271 g/mol. The first-order chi connectivity index (χ1) is 9.72. The summed E-state index contributed by atoms with van der Waals surface area (Å²) in [4.78, 5) is 8.92. The van der Waals surface area contributed by atoms with Crippen molar-refractivity contribution < 1.29 is 4.74 Å². The van der Waals surface area contributed by atoms with E-state index >= 15 is 0 Å². The summed E-state index contributed by atoms with van der Waals surface area (Å²) in [5, 5.41) is 0. The fourth-order valence-corrected chi connectivity index (χ4v) is 2.07. The van der Waals surface area contributed by atoms with Gasteiger partial charge in [0, 0.05) is 36.3 Å². The summed E-state index contributed by atoms with van der Waals surface area (Å²) in [6.07, 6.45) is 4.21. The molecule has 0 saturated heterocycles. The molecule has 1 aromatic carbocycles. The van der Waals surface area contributed by atoms with Crippen LogP contribution in [0.3, 0.4) is 0 Å². The lowest BCUT2D eigenvalue weighted by atomic mass is 10.1. The molecule has 106 valence electrons. The Morgan fingerprint density at radius 1 is 1.25 bits per heavy atom. The quantitative estimate of drug-likeness (QED) is 0.876. The molecule has 2 rings (SSSR count). The topological polar surface area (TPSA) is 61.0 Å². The molecule has 0 fully saturated rings. The minimum absolute atomic E-state index is 0.156. The second kappa shape index (κ2) is 7.01. The number of ether oxygens (including phenoxy) is 1. The fourth-order valence-electron chi connectivity index (χ4n) is 2.07. The van der Waals surface area contributed by atoms with Gasteiger partial charge in [-0.3, -0.25) is 0 Å². The molecule has 0 spiro atoms. The number of nitrogens with two attached hydrogens (primary N) is 1. The van der Waals surface area contributed by atoms with E-state index in [1.807, 2.05) is 30.3 Å². The van der Waals surface area contributed by atoms with Crippen LogP contribution in [-0.4, -0.2) is 23.1 Å². The van der Waals surface area contributed by atoms with Gasteiger partial charge in [0.15, 0.2) is 0 Å². The molecule has 0 aliphatic heterocycles. The minimum Gasteiger partial charge on any atom is -0.496 e. The normalized spacial score (nSPS) is 12.2. The second-order valence-corrected chi connectivity index (χ2v) is 4.83. The maximum absolute atomic E-state index is 5.97. The van der Waals surface area contributed by atoms with Crippen LogP contribution in [0.2, 0.25) is 0 Å². The third kappa shape index (κ3) is 3.78. The van der Waals surface area contributed by atoms with Crippen molar-refractivity contribution in [1.29, 1.82) is 0 Å². The van der Waals surface area contributed by atoms with Crippen molar-refractivity contribution in [2.75, 3.05) is 7.11 Å². The Labute approximate surface area is 120 Å². The van der Waals surface area contributed by atoms with Gasteiger partial charge in [0.05, 0.1) is 7.11 Å². The summed E-state index contributed by atoms with van der Waals surface area (Å²) in [7, 11) is 1.68. The number of hydrogen-bond acceptors (Lipinski definition) is 4. The number of methoxy groups -OCH3 is 1. The summed E-state index contributed by atoms with van der Waals surface area (Å²) < 4.78 is 5.35. The van der Waals surface area contributed by atoms with Crippen molar-refractivity contribution in [3.05, 3.63) is 53.6 Å². The van der Waals surface area contributed by atoms with E-state index in [1.165, 1.54) is 0 Å².